The summed E-state index contributed by atoms with van der Waals surface area (Å²) < 4.78 is 9.86. The molecule has 0 radical (unpaired) electrons. The number of hydrogen-bond acceptors (Lipinski definition) is 6. The molecule has 0 saturated carbocycles. The van der Waals surface area contributed by atoms with Crippen LogP contribution < -0.4 is 0 Å². The number of aromatic nitrogens is 2. The van der Waals surface area contributed by atoms with E-state index in [1.54, 1.807) is 0 Å². The van der Waals surface area contributed by atoms with Crippen molar-refractivity contribution < 1.29 is 19.1 Å². The number of nitrogens with zero attached hydrogens (tertiary/aromatic N) is 3. The van der Waals surface area contributed by atoms with Gasteiger partial charge in [0.2, 0.25) is 0 Å². The molecule has 0 aliphatic carbocycles. The van der Waals surface area contributed by atoms with Gasteiger partial charge in [-0.15, -0.1) is 0 Å². The van der Waals surface area contributed by atoms with Gasteiger partial charge in [-0.2, -0.15) is 0 Å². The molecule has 2 rings (SSSR count). The van der Waals surface area contributed by atoms with Crippen LogP contribution in [0.2, 0.25) is 0 Å². The first-order valence-corrected chi connectivity index (χ1v) is 5.45. The Balaban J connectivity index is 2.19. The van der Waals surface area contributed by atoms with Crippen LogP contribution in [0, 0.1) is 0 Å². The molecular weight excluding hydrogens is 238 g/mol. The summed E-state index contributed by atoms with van der Waals surface area (Å²) >= 11 is 0. The highest BCUT2D eigenvalue weighted by Crippen LogP contribution is 2.12. The Bertz CT molecular complexity index is 437. The summed E-state index contributed by atoms with van der Waals surface area (Å²) in [5.41, 5.74) is 0.341. The van der Waals surface area contributed by atoms with Crippen LogP contribution in [0.25, 0.3) is 0 Å². The minimum absolute atomic E-state index is 0.145. The lowest BCUT2D eigenvalue weighted by Gasteiger charge is -2.33. The van der Waals surface area contributed by atoms with E-state index in [2.05, 4.69) is 14.7 Å². The highest BCUT2D eigenvalue weighted by molar-refractivity contribution is 5.96. The van der Waals surface area contributed by atoms with Crippen LogP contribution in [0.3, 0.4) is 0 Å². The largest absolute Gasteiger partial charge is 0.467 e. The average molecular weight is 251 g/mol. The van der Waals surface area contributed by atoms with Gasteiger partial charge in [-0.1, -0.05) is 0 Å². The zero-order valence-electron chi connectivity index (χ0n) is 9.91. The molecule has 0 aromatic carbocycles. The van der Waals surface area contributed by atoms with E-state index in [9.17, 15) is 9.59 Å². The summed E-state index contributed by atoms with van der Waals surface area (Å²) in [4.78, 5) is 32.8. The van der Waals surface area contributed by atoms with Gasteiger partial charge in [0, 0.05) is 18.9 Å². The Kier molecular flexibility index (Phi) is 3.83. The standard InChI is InChI=1S/C11H13N3O4/c1-17-11(16)9-6-18-3-2-14(9)10(15)8-4-12-7-13-5-8/h4-5,7,9H,2-3,6H2,1H3. The number of esters is 1. The van der Waals surface area contributed by atoms with Crippen molar-refractivity contribution in [1.82, 2.24) is 14.9 Å². The SMILES string of the molecule is COC(=O)C1COCCN1C(=O)c1cncnc1. The smallest absolute Gasteiger partial charge is 0.331 e. The van der Waals surface area contributed by atoms with E-state index in [4.69, 9.17) is 4.74 Å². The summed E-state index contributed by atoms with van der Waals surface area (Å²) in [6.07, 6.45) is 4.17. The Labute approximate surface area is 104 Å². The first-order chi connectivity index (χ1) is 8.74. The van der Waals surface area contributed by atoms with Crippen molar-refractivity contribution >= 4 is 11.9 Å². The van der Waals surface area contributed by atoms with Crippen LogP contribution in [0.4, 0.5) is 0 Å². The molecule has 1 aliphatic rings. The van der Waals surface area contributed by atoms with Crippen molar-refractivity contribution in [2.24, 2.45) is 0 Å². The maximum atomic E-state index is 12.2. The van der Waals surface area contributed by atoms with E-state index in [0.717, 1.165) is 0 Å². The molecule has 1 atom stereocenters. The predicted molar refractivity (Wildman–Crippen MR) is 59.7 cm³/mol. The zero-order chi connectivity index (χ0) is 13.0. The third-order valence-electron chi connectivity index (χ3n) is 2.67. The lowest BCUT2D eigenvalue weighted by Crippen LogP contribution is -2.53. The van der Waals surface area contributed by atoms with Gasteiger partial charge in [-0.05, 0) is 0 Å². The maximum absolute atomic E-state index is 12.2. The topological polar surface area (TPSA) is 81.6 Å². The fourth-order valence-electron chi connectivity index (χ4n) is 1.75. The maximum Gasteiger partial charge on any atom is 0.331 e. The van der Waals surface area contributed by atoms with E-state index in [0.29, 0.717) is 18.7 Å². The van der Waals surface area contributed by atoms with Gasteiger partial charge < -0.3 is 14.4 Å². The van der Waals surface area contributed by atoms with Crippen LogP contribution in [0.5, 0.6) is 0 Å². The highest BCUT2D eigenvalue weighted by Gasteiger charge is 2.34. The minimum Gasteiger partial charge on any atom is -0.467 e. The fourth-order valence-corrected chi connectivity index (χ4v) is 1.75. The Morgan fingerprint density at radius 3 is 2.83 bits per heavy atom. The van der Waals surface area contributed by atoms with E-state index >= 15 is 0 Å². The number of rotatable bonds is 2. The van der Waals surface area contributed by atoms with Crippen molar-refractivity contribution in [3.63, 3.8) is 0 Å². The number of hydrogen-bond donors (Lipinski definition) is 0. The van der Waals surface area contributed by atoms with E-state index in [1.807, 2.05) is 0 Å². The normalized spacial score (nSPS) is 19.4. The third kappa shape index (κ3) is 2.45. The average Bonchev–Trinajstić information content (AvgIpc) is 2.46. The second-order valence-corrected chi connectivity index (χ2v) is 3.74. The lowest BCUT2D eigenvalue weighted by atomic mass is 10.2. The quantitative estimate of drug-likeness (QED) is 0.658. The molecule has 1 saturated heterocycles. The fraction of sp³-hybridized carbons (Fsp3) is 0.455. The van der Waals surface area contributed by atoms with Crippen LogP contribution in [0.1, 0.15) is 10.4 Å². The van der Waals surface area contributed by atoms with Gasteiger partial charge in [0.05, 0.1) is 25.9 Å². The molecule has 1 fully saturated rings. The lowest BCUT2D eigenvalue weighted by molar-refractivity contribution is -0.151. The monoisotopic (exact) mass is 251 g/mol. The molecule has 2 heterocycles. The molecular formula is C11H13N3O4. The van der Waals surface area contributed by atoms with Gasteiger partial charge in [0.1, 0.15) is 6.33 Å². The van der Waals surface area contributed by atoms with Crippen molar-refractivity contribution in [1.29, 1.82) is 0 Å². The molecule has 0 bridgehead atoms. The second kappa shape index (κ2) is 5.54. The molecule has 18 heavy (non-hydrogen) atoms. The molecule has 0 N–H and O–H groups in total. The summed E-state index contributed by atoms with van der Waals surface area (Å²) in [7, 11) is 1.28. The van der Waals surface area contributed by atoms with Gasteiger partial charge in [-0.25, -0.2) is 14.8 Å². The molecule has 0 spiro atoms. The molecule has 96 valence electrons. The molecule has 7 heteroatoms. The summed E-state index contributed by atoms with van der Waals surface area (Å²) in [6, 6.07) is -0.712. The molecule has 7 nitrogen and oxygen atoms in total. The number of carbonyl (C=O) groups excluding carboxylic acids is 2. The van der Waals surface area contributed by atoms with Crippen LogP contribution in [-0.4, -0.2) is 59.7 Å². The second-order valence-electron chi connectivity index (χ2n) is 3.74. The number of methoxy groups -OCH3 is 1. The zero-order valence-corrected chi connectivity index (χ0v) is 9.91. The van der Waals surface area contributed by atoms with E-state index < -0.39 is 12.0 Å². The predicted octanol–water partition coefficient (Wildman–Crippen LogP) is -0.509. The Morgan fingerprint density at radius 1 is 1.44 bits per heavy atom. The van der Waals surface area contributed by atoms with Crippen LogP contribution >= 0.6 is 0 Å². The molecule has 1 aromatic heterocycles. The minimum atomic E-state index is -0.712. The molecule has 1 aliphatic heterocycles. The highest BCUT2D eigenvalue weighted by atomic mass is 16.5. The Morgan fingerprint density at radius 2 is 2.17 bits per heavy atom. The first-order valence-electron chi connectivity index (χ1n) is 5.45. The molecule has 1 amide bonds. The molecule has 1 aromatic rings. The molecule has 1 unspecified atom stereocenters. The Hall–Kier alpha value is -2.02. The number of ether oxygens (including phenoxy) is 2. The first kappa shape index (κ1) is 12.4. The van der Waals surface area contributed by atoms with Gasteiger partial charge in [0.25, 0.3) is 5.91 Å². The van der Waals surface area contributed by atoms with Gasteiger partial charge in [0.15, 0.2) is 6.04 Å². The van der Waals surface area contributed by atoms with Gasteiger partial charge >= 0.3 is 5.97 Å². The summed E-state index contributed by atoms with van der Waals surface area (Å²) in [5, 5.41) is 0. The number of amides is 1. The summed E-state index contributed by atoms with van der Waals surface area (Å²) in [5.74, 6) is -0.783. The van der Waals surface area contributed by atoms with E-state index in [1.165, 1.54) is 30.7 Å². The summed E-state index contributed by atoms with van der Waals surface area (Å²) in [6.45, 7) is 0.881. The van der Waals surface area contributed by atoms with Crippen LogP contribution in [0.15, 0.2) is 18.7 Å². The number of morpholine rings is 1. The third-order valence-corrected chi connectivity index (χ3v) is 2.67. The van der Waals surface area contributed by atoms with Crippen molar-refractivity contribution in [2.45, 2.75) is 6.04 Å². The van der Waals surface area contributed by atoms with Crippen LogP contribution in [-0.2, 0) is 14.3 Å². The van der Waals surface area contributed by atoms with Crippen molar-refractivity contribution in [3.8, 4) is 0 Å². The number of carbonyl (C=O) groups is 2. The van der Waals surface area contributed by atoms with Crippen molar-refractivity contribution in [2.75, 3.05) is 26.9 Å². The van der Waals surface area contributed by atoms with E-state index in [-0.39, 0.29) is 12.5 Å². The van der Waals surface area contributed by atoms with Crippen molar-refractivity contribution in [3.05, 3.63) is 24.3 Å². The van der Waals surface area contributed by atoms with Gasteiger partial charge in [-0.3, -0.25) is 4.79 Å².